The predicted octanol–water partition coefficient (Wildman–Crippen LogP) is 4.59. The van der Waals surface area contributed by atoms with Gasteiger partial charge in [-0.15, -0.1) is 11.3 Å². The van der Waals surface area contributed by atoms with Crippen molar-refractivity contribution in [1.29, 1.82) is 0 Å². The van der Waals surface area contributed by atoms with Crippen molar-refractivity contribution in [2.75, 3.05) is 11.9 Å². The summed E-state index contributed by atoms with van der Waals surface area (Å²) in [6.07, 6.45) is 5.31. The number of nitrogens with one attached hydrogen (secondary N) is 1. The van der Waals surface area contributed by atoms with Crippen LogP contribution in [0.25, 0.3) is 11.1 Å². The third kappa shape index (κ3) is 6.08. The number of thiazole rings is 1. The fourth-order valence-corrected chi connectivity index (χ4v) is 5.33. The number of anilines is 1. The van der Waals surface area contributed by atoms with Crippen molar-refractivity contribution in [3.8, 4) is 11.1 Å². The van der Waals surface area contributed by atoms with E-state index in [0.29, 0.717) is 46.8 Å². The average Bonchev–Trinajstić information content (AvgIpc) is 3.57. The van der Waals surface area contributed by atoms with Crippen LogP contribution >= 0.6 is 11.3 Å². The van der Waals surface area contributed by atoms with Crippen molar-refractivity contribution in [3.05, 3.63) is 100 Å². The molecule has 1 atom stereocenters. The van der Waals surface area contributed by atoms with Crippen LogP contribution in [-0.2, 0) is 28.9 Å². The summed E-state index contributed by atoms with van der Waals surface area (Å²) in [6.45, 7) is 0.671. The van der Waals surface area contributed by atoms with E-state index in [1.807, 2.05) is 6.07 Å². The molecule has 1 aliphatic rings. The largest absolute Gasteiger partial charge is 0.465 e. The van der Waals surface area contributed by atoms with Crippen LogP contribution in [0.5, 0.6) is 0 Å². The van der Waals surface area contributed by atoms with Gasteiger partial charge in [-0.2, -0.15) is 0 Å². The standard InChI is InChI=1S/C29H25FN4O4S/c30-25-16-32-8-6-18(25)13-26(35)19-4-5-22(14-31)24(12-19)17-2-1-3-20(10-17)27(36)34-29-33-15-23(39-29)11-21-7-9-38-28(21)37/h1-6,8,10,12,15-16,21H,7,9,11,13-14,31H2,(H,33,34,36). The van der Waals surface area contributed by atoms with Gasteiger partial charge < -0.3 is 10.5 Å². The summed E-state index contributed by atoms with van der Waals surface area (Å²) in [5.74, 6) is -1.49. The lowest BCUT2D eigenvalue weighted by Crippen LogP contribution is -2.12. The summed E-state index contributed by atoms with van der Waals surface area (Å²) in [5.41, 5.74) is 9.29. The molecule has 0 spiro atoms. The maximum Gasteiger partial charge on any atom is 0.309 e. The van der Waals surface area contributed by atoms with Gasteiger partial charge in [-0.3, -0.25) is 24.7 Å². The van der Waals surface area contributed by atoms with E-state index in [1.54, 1.807) is 42.6 Å². The molecule has 0 radical (unpaired) electrons. The highest BCUT2D eigenvalue weighted by Gasteiger charge is 2.27. The number of ether oxygens (including phenoxy) is 1. The first-order valence-corrected chi connectivity index (χ1v) is 13.2. The molecule has 10 heteroatoms. The molecule has 3 N–H and O–H groups in total. The van der Waals surface area contributed by atoms with Gasteiger partial charge in [0.2, 0.25) is 0 Å². The van der Waals surface area contributed by atoms with E-state index in [0.717, 1.165) is 16.6 Å². The zero-order valence-electron chi connectivity index (χ0n) is 20.9. The van der Waals surface area contributed by atoms with E-state index in [9.17, 15) is 18.8 Å². The normalized spacial score (nSPS) is 14.7. The van der Waals surface area contributed by atoms with Crippen LogP contribution in [0.1, 0.15) is 43.1 Å². The smallest absolute Gasteiger partial charge is 0.309 e. The van der Waals surface area contributed by atoms with Gasteiger partial charge in [0.15, 0.2) is 10.9 Å². The van der Waals surface area contributed by atoms with Crippen LogP contribution in [0.3, 0.4) is 0 Å². The van der Waals surface area contributed by atoms with Gasteiger partial charge in [-0.25, -0.2) is 9.37 Å². The predicted molar refractivity (Wildman–Crippen MR) is 145 cm³/mol. The van der Waals surface area contributed by atoms with Crippen molar-refractivity contribution in [1.82, 2.24) is 9.97 Å². The van der Waals surface area contributed by atoms with Crippen LogP contribution in [0, 0.1) is 11.7 Å². The minimum absolute atomic E-state index is 0.101. The van der Waals surface area contributed by atoms with E-state index in [4.69, 9.17) is 10.5 Å². The van der Waals surface area contributed by atoms with Gasteiger partial charge in [0.1, 0.15) is 5.82 Å². The zero-order valence-corrected chi connectivity index (χ0v) is 21.7. The van der Waals surface area contributed by atoms with E-state index in [2.05, 4.69) is 15.3 Å². The van der Waals surface area contributed by atoms with Crippen molar-refractivity contribution in [2.45, 2.75) is 25.8 Å². The molecule has 0 aliphatic carbocycles. The minimum atomic E-state index is -0.531. The Morgan fingerprint density at radius 2 is 1.97 bits per heavy atom. The van der Waals surface area contributed by atoms with Gasteiger partial charge >= 0.3 is 5.97 Å². The molecular formula is C29H25FN4O4S. The quantitative estimate of drug-likeness (QED) is 0.233. The number of nitrogens with zero attached hydrogens (tertiary/aromatic N) is 2. The number of Topliss-reactive ketones (excluding diaryl/α,β-unsaturated/α-hetero) is 1. The molecule has 1 saturated heterocycles. The van der Waals surface area contributed by atoms with Crippen LogP contribution in [0.15, 0.2) is 67.1 Å². The van der Waals surface area contributed by atoms with Crippen LogP contribution in [0.2, 0.25) is 0 Å². The molecule has 5 rings (SSSR count). The number of ketones is 1. The molecule has 1 aliphatic heterocycles. The SMILES string of the molecule is NCc1ccc(C(=O)Cc2ccncc2F)cc1-c1cccc(C(=O)Nc2ncc(CC3CCOC3=O)s2)c1. The second-order valence-electron chi connectivity index (χ2n) is 9.17. The Morgan fingerprint density at radius 1 is 1.10 bits per heavy atom. The molecule has 0 saturated carbocycles. The Bertz CT molecular complexity index is 1550. The average molecular weight is 545 g/mol. The monoisotopic (exact) mass is 544 g/mol. The number of nitrogens with two attached hydrogens (primary N) is 1. The summed E-state index contributed by atoms with van der Waals surface area (Å²) < 4.78 is 19.0. The number of halogens is 1. The third-order valence-electron chi connectivity index (χ3n) is 6.56. The second-order valence-corrected chi connectivity index (χ2v) is 10.3. The van der Waals surface area contributed by atoms with Crippen molar-refractivity contribution >= 4 is 34.1 Å². The molecule has 2 aromatic carbocycles. The van der Waals surface area contributed by atoms with E-state index >= 15 is 0 Å². The number of amides is 1. The topological polar surface area (TPSA) is 124 Å². The first kappa shape index (κ1) is 26.3. The van der Waals surface area contributed by atoms with Gasteiger partial charge in [0, 0.05) is 41.4 Å². The van der Waals surface area contributed by atoms with Crippen molar-refractivity contribution < 1.29 is 23.5 Å². The number of carbonyl (C=O) groups is 3. The molecule has 198 valence electrons. The summed E-state index contributed by atoms with van der Waals surface area (Å²) in [4.78, 5) is 46.6. The number of benzene rings is 2. The van der Waals surface area contributed by atoms with E-state index < -0.39 is 5.82 Å². The third-order valence-corrected chi connectivity index (χ3v) is 7.50. The zero-order chi connectivity index (χ0) is 27.4. The summed E-state index contributed by atoms with van der Waals surface area (Å²) in [7, 11) is 0. The molecule has 4 aromatic rings. The fourth-order valence-electron chi connectivity index (χ4n) is 4.44. The Labute approximate surface area is 228 Å². The number of aromatic nitrogens is 2. The Kier molecular flexibility index (Phi) is 7.85. The maximum absolute atomic E-state index is 14.0. The molecule has 1 amide bonds. The van der Waals surface area contributed by atoms with Crippen LogP contribution < -0.4 is 11.1 Å². The lowest BCUT2D eigenvalue weighted by atomic mass is 9.93. The molecular weight excluding hydrogens is 519 g/mol. The first-order valence-electron chi connectivity index (χ1n) is 12.4. The number of esters is 1. The van der Waals surface area contributed by atoms with Gasteiger partial charge in [-0.05, 0) is 59.4 Å². The molecule has 8 nitrogen and oxygen atoms in total. The molecule has 39 heavy (non-hydrogen) atoms. The fraction of sp³-hybridized carbons (Fsp3) is 0.207. The number of cyclic esters (lactones) is 1. The summed E-state index contributed by atoms with van der Waals surface area (Å²) in [6, 6.07) is 13.7. The highest BCUT2D eigenvalue weighted by Crippen LogP contribution is 2.28. The number of carbonyl (C=O) groups excluding carboxylic acids is 3. The van der Waals surface area contributed by atoms with Crippen molar-refractivity contribution in [3.63, 3.8) is 0 Å². The van der Waals surface area contributed by atoms with Crippen LogP contribution in [-0.4, -0.2) is 34.2 Å². The van der Waals surface area contributed by atoms with Crippen molar-refractivity contribution in [2.24, 2.45) is 11.7 Å². The van der Waals surface area contributed by atoms with Gasteiger partial charge in [0.25, 0.3) is 5.91 Å². The minimum Gasteiger partial charge on any atom is -0.465 e. The summed E-state index contributed by atoms with van der Waals surface area (Å²) >= 11 is 1.32. The lowest BCUT2D eigenvalue weighted by molar-refractivity contribution is -0.141. The Hall–Kier alpha value is -4.28. The number of hydrogen-bond donors (Lipinski definition) is 2. The highest BCUT2D eigenvalue weighted by atomic mass is 32.1. The molecule has 1 unspecified atom stereocenters. The Balaban J connectivity index is 1.33. The first-order chi connectivity index (χ1) is 18.9. The van der Waals surface area contributed by atoms with E-state index in [-0.39, 0.29) is 42.1 Å². The number of hydrogen-bond acceptors (Lipinski definition) is 8. The molecule has 0 bridgehead atoms. The summed E-state index contributed by atoms with van der Waals surface area (Å²) in [5, 5.41) is 3.25. The lowest BCUT2D eigenvalue weighted by Gasteiger charge is -2.12. The van der Waals surface area contributed by atoms with Gasteiger partial charge in [0.05, 0.1) is 18.7 Å². The number of pyridine rings is 1. The molecule has 1 fully saturated rings. The van der Waals surface area contributed by atoms with Gasteiger partial charge in [-0.1, -0.05) is 24.3 Å². The van der Waals surface area contributed by atoms with E-state index in [1.165, 1.54) is 23.6 Å². The molecule has 3 heterocycles. The maximum atomic E-state index is 14.0. The number of rotatable bonds is 9. The van der Waals surface area contributed by atoms with Crippen LogP contribution in [0.4, 0.5) is 9.52 Å². The second kappa shape index (κ2) is 11.6. The Morgan fingerprint density at radius 3 is 2.74 bits per heavy atom. The highest BCUT2D eigenvalue weighted by molar-refractivity contribution is 7.15. The molecule has 2 aromatic heterocycles.